The minimum atomic E-state index is -1.000. The van der Waals surface area contributed by atoms with Crippen molar-refractivity contribution in [3.05, 3.63) is 22.8 Å². The average molecular weight is 386 g/mol. The molecular formula is C15H20BrN3O4. The van der Waals surface area contributed by atoms with Gasteiger partial charge in [-0.15, -0.1) is 0 Å². The van der Waals surface area contributed by atoms with Crippen LogP contribution in [0.15, 0.2) is 22.8 Å². The first-order valence-electron chi connectivity index (χ1n) is 7.27. The molecule has 2 rings (SSSR count). The van der Waals surface area contributed by atoms with E-state index in [1.54, 1.807) is 43.9 Å². The maximum Gasteiger partial charge on any atom is 0.410 e. The van der Waals surface area contributed by atoms with E-state index < -0.39 is 23.7 Å². The number of nitrogens with zero attached hydrogens (tertiary/aromatic N) is 3. The highest BCUT2D eigenvalue weighted by atomic mass is 79.9. The second-order valence-corrected chi connectivity index (χ2v) is 7.10. The molecule has 0 aromatic carbocycles. The van der Waals surface area contributed by atoms with Crippen molar-refractivity contribution in [2.75, 3.05) is 24.5 Å². The number of pyridine rings is 1. The Labute approximate surface area is 143 Å². The van der Waals surface area contributed by atoms with Gasteiger partial charge in [-0.1, -0.05) is 6.07 Å². The van der Waals surface area contributed by atoms with E-state index >= 15 is 0 Å². The molecule has 7 nitrogen and oxygen atoms in total. The fraction of sp³-hybridized carbons (Fsp3) is 0.533. The van der Waals surface area contributed by atoms with Gasteiger partial charge in [-0.2, -0.15) is 0 Å². The zero-order valence-corrected chi connectivity index (χ0v) is 14.9. The lowest BCUT2D eigenvalue weighted by atomic mass is 10.1. The molecule has 1 aliphatic rings. The number of aliphatic carboxylic acids is 1. The largest absolute Gasteiger partial charge is 0.480 e. The summed E-state index contributed by atoms with van der Waals surface area (Å²) >= 11 is 3.28. The summed E-state index contributed by atoms with van der Waals surface area (Å²) in [6.45, 7) is 6.15. The number of piperazine rings is 1. The summed E-state index contributed by atoms with van der Waals surface area (Å²) in [7, 11) is 0. The van der Waals surface area contributed by atoms with Gasteiger partial charge in [0.15, 0.2) is 0 Å². The van der Waals surface area contributed by atoms with Crippen molar-refractivity contribution >= 4 is 33.8 Å². The maximum atomic E-state index is 12.1. The Morgan fingerprint density at radius 1 is 1.35 bits per heavy atom. The third-order valence-electron chi connectivity index (χ3n) is 3.31. The van der Waals surface area contributed by atoms with E-state index in [1.807, 2.05) is 0 Å². The van der Waals surface area contributed by atoms with Crippen molar-refractivity contribution in [1.29, 1.82) is 0 Å². The van der Waals surface area contributed by atoms with Crippen LogP contribution in [0.4, 0.5) is 10.6 Å². The van der Waals surface area contributed by atoms with Crippen molar-refractivity contribution in [3.63, 3.8) is 0 Å². The second kappa shape index (κ2) is 6.74. The number of carboxylic acid groups (broad SMARTS) is 1. The fourth-order valence-corrected chi connectivity index (χ4v) is 2.65. The second-order valence-electron chi connectivity index (χ2n) is 6.29. The van der Waals surface area contributed by atoms with Crippen molar-refractivity contribution in [3.8, 4) is 0 Å². The van der Waals surface area contributed by atoms with E-state index in [9.17, 15) is 14.7 Å². The molecule has 1 unspecified atom stereocenters. The molecule has 1 aromatic rings. The standard InChI is InChI=1S/C15H20BrN3O4/c1-15(2,3)23-14(22)18-7-8-19(10(9-18)13(20)21)12-6-4-5-11(16)17-12/h4-6,10H,7-9H2,1-3H3,(H,20,21). The molecule has 1 amide bonds. The SMILES string of the molecule is CC(C)(C)OC(=O)N1CCN(c2cccc(Br)n2)C(C(=O)O)C1. The minimum absolute atomic E-state index is 0.0540. The van der Waals surface area contributed by atoms with Gasteiger partial charge in [0.1, 0.15) is 22.1 Å². The third kappa shape index (κ3) is 4.57. The Bertz CT molecular complexity index is 603. The van der Waals surface area contributed by atoms with Gasteiger partial charge in [-0.25, -0.2) is 14.6 Å². The van der Waals surface area contributed by atoms with Crippen molar-refractivity contribution in [2.24, 2.45) is 0 Å². The van der Waals surface area contributed by atoms with Crippen LogP contribution in [-0.2, 0) is 9.53 Å². The monoisotopic (exact) mass is 385 g/mol. The van der Waals surface area contributed by atoms with Gasteiger partial charge in [-0.3, -0.25) is 0 Å². The van der Waals surface area contributed by atoms with Crippen LogP contribution >= 0.6 is 15.9 Å². The first-order valence-corrected chi connectivity index (χ1v) is 8.06. The molecule has 126 valence electrons. The van der Waals surface area contributed by atoms with Gasteiger partial charge in [-0.05, 0) is 48.8 Å². The number of halogens is 1. The molecular weight excluding hydrogens is 366 g/mol. The zero-order chi connectivity index (χ0) is 17.2. The highest BCUT2D eigenvalue weighted by molar-refractivity contribution is 9.10. The van der Waals surface area contributed by atoms with E-state index in [0.717, 1.165) is 0 Å². The summed E-state index contributed by atoms with van der Waals surface area (Å²) in [6, 6.07) is 4.46. The highest BCUT2D eigenvalue weighted by Gasteiger charge is 2.36. The van der Waals surface area contributed by atoms with E-state index in [2.05, 4.69) is 20.9 Å². The Morgan fingerprint density at radius 3 is 2.61 bits per heavy atom. The van der Waals surface area contributed by atoms with Crippen LogP contribution in [0.2, 0.25) is 0 Å². The number of hydrogen-bond acceptors (Lipinski definition) is 5. The van der Waals surface area contributed by atoms with Crippen molar-refractivity contribution < 1.29 is 19.4 Å². The molecule has 0 spiro atoms. The Hall–Kier alpha value is -1.83. The number of carboxylic acids is 1. The van der Waals surface area contributed by atoms with Crippen LogP contribution in [-0.4, -0.2) is 58.3 Å². The molecule has 1 atom stereocenters. The molecule has 0 radical (unpaired) electrons. The Balaban J connectivity index is 2.15. The molecule has 0 aliphatic carbocycles. The van der Waals surface area contributed by atoms with Crippen LogP contribution in [0.1, 0.15) is 20.8 Å². The van der Waals surface area contributed by atoms with Crippen LogP contribution in [0.25, 0.3) is 0 Å². The quantitative estimate of drug-likeness (QED) is 0.786. The molecule has 1 saturated heterocycles. The third-order valence-corrected chi connectivity index (χ3v) is 3.75. The summed E-state index contributed by atoms with van der Waals surface area (Å²) in [6.07, 6.45) is -0.495. The maximum absolute atomic E-state index is 12.1. The number of rotatable bonds is 2. The lowest BCUT2D eigenvalue weighted by Gasteiger charge is -2.40. The van der Waals surface area contributed by atoms with E-state index in [1.165, 1.54) is 4.90 Å². The van der Waals surface area contributed by atoms with Gasteiger partial charge in [0.05, 0.1) is 6.54 Å². The van der Waals surface area contributed by atoms with Crippen LogP contribution in [0.5, 0.6) is 0 Å². The Morgan fingerprint density at radius 2 is 2.04 bits per heavy atom. The topological polar surface area (TPSA) is 83.0 Å². The Kier molecular flexibility index (Phi) is 5.13. The summed E-state index contributed by atoms with van der Waals surface area (Å²) < 4.78 is 5.95. The molecule has 1 N–H and O–H groups in total. The number of aromatic nitrogens is 1. The molecule has 0 bridgehead atoms. The van der Waals surface area contributed by atoms with E-state index in [4.69, 9.17) is 4.74 Å². The van der Waals surface area contributed by atoms with Gasteiger partial charge in [0.2, 0.25) is 0 Å². The smallest absolute Gasteiger partial charge is 0.410 e. The van der Waals surface area contributed by atoms with Crippen molar-refractivity contribution in [2.45, 2.75) is 32.4 Å². The number of carbonyl (C=O) groups excluding carboxylic acids is 1. The molecule has 8 heteroatoms. The van der Waals surface area contributed by atoms with Crippen LogP contribution < -0.4 is 4.90 Å². The lowest BCUT2D eigenvalue weighted by Crippen LogP contribution is -2.58. The van der Waals surface area contributed by atoms with Gasteiger partial charge >= 0.3 is 12.1 Å². The predicted octanol–water partition coefficient (Wildman–Crippen LogP) is 2.35. The molecule has 0 saturated carbocycles. The number of anilines is 1. The molecule has 1 aliphatic heterocycles. The fourth-order valence-electron chi connectivity index (χ4n) is 2.32. The first kappa shape index (κ1) is 17.5. The van der Waals surface area contributed by atoms with Crippen LogP contribution in [0.3, 0.4) is 0 Å². The average Bonchev–Trinajstić information content (AvgIpc) is 2.44. The minimum Gasteiger partial charge on any atom is -0.480 e. The predicted molar refractivity (Wildman–Crippen MR) is 88.5 cm³/mol. The highest BCUT2D eigenvalue weighted by Crippen LogP contribution is 2.22. The molecule has 1 fully saturated rings. The normalized spacial score (nSPS) is 18.7. The zero-order valence-electron chi connectivity index (χ0n) is 13.3. The first-order chi connectivity index (χ1) is 10.7. The van der Waals surface area contributed by atoms with E-state index in [-0.39, 0.29) is 6.54 Å². The molecule has 1 aromatic heterocycles. The van der Waals surface area contributed by atoms with E-state index in [0.29, 0.717) is 23.5 Å². The summed E-state index contributed by atoms with van der Waals surface area (Å²) in [5.41, 5.74) is -0.612. The van der Waals surface area contributed by atoms with Gasteiger partial charge in [0.25, 0.3) is 0 Å². The summed E-state index contributed by atoms with van der Waals surface area (Å²) in [4.78, 5) is 31.2. The molecule has 2 heterocycles. The number of hydrogen-bond donors (Lipinski definition) is 1. The summed E-state index contributed by atoms with van der Waals surface area (Å²) in [5.74, 6) is -0.435. The van der Waals surface area contributed by atoms with Crippen LogP contribution in [0, 0.1) is 0 Å². The van der Waals surface area contributed by atoms with Gasteiger partial charge in [0, 0.05) is 13.1 Å². The lowest BCUT2D eigenvalue weighted by molar-refractivity contribution is -0.139. The number of ether oxygens (including phenoxy) is 1. The van der Waals surface area contributed by atoms with Gasteiger partial charge < -0.3 is 19.6 Å². The summed E-state index contributed by atoms with van der Waals surface area (Å²) in [5, 5.41) is 9.51. The number of carbonyl (C=O) groups is 2. The number of amides is 1. The molecule has 23 heavy (non-hydrogen) atoms. The van der Waals surface area contributed by atoms with Crippen molar-refractivity contribution in [1.82, 2.24) is 9.88 Å².